The molecular formula is C51H42N-. The standard InChI is InChI=1S/C51H41N.H/c1-51(2)49-36-43(23-22-40-16-10-5-11-17-40)28-34-47(49)48-35-33-46(37-50(48)51)52(44-29-24-41(25-30-44)20-18-38-12-6-3-7-13-38)45-31-26-42(27-32-45)21-19-39-14-8-4-9-15-39;/h3-37H,1-2H3;/q;-1/b20-18+,21-19+,23-22+;/i;1+1. The van der Waals surface area contributed by atoms with Crippen molar-refractivity contribution in [1.29, 1.82) is 0 Å². The van der Waals surface area contributed by atoms with Crippen molar-refractivity contribution in [2.45, 2.75) is 19.3 Å². The van der Waals surface area contributed by atoms with Crippen LogP contribution in [0.15, 0.2) is 176 Å². The molecule has 0 bridgehead atoms. The zero-order valence-electron chi connectivity index (χ0n) is 30.7. The molecule has 0 heterocycles. The first kappa shape index (κ1) is 32.7. The number of fused-ring (bicyclic) bond motifs is 3. The van der Waals surface area contributed by atoms with Gasteiger partial charge in [0.05, 0.1) is 0 Å². The molecule has 1 heteroatoms. The molecule has 1 nitrogen and oxygen atoms in total. The molecule has 0 amide bonds. The van der Waals surface area contributed by atoms with E-state index in [9.17, 15) is 0 Å². The highest BCUT2D eigenvalue weighted by Crippen LogP contribution is 2.51. The molecule has 7 aromatic rings. The third-order valence-electron chi connectivity index (χ3n) is 10.0. The molecule has 0 aromatic heterocycles. The fraction of sp³-hybridized carbons (Fsp3) is 0.0588. The maximum Gasteiger partial charge on any atom is 0.0465 e. The first-order valence-electron chi connectivity index (χ1n) is 18.0. The summed E-state index contributed by atoms with van der Waals surface area (Å²) in [4.78, 5) is 2.38. The van der Waals surface area contributed by atoms with Crippen LogP contribution in [0.1, 0.15) is 59.8 Å². The minimum atomic E-state index is -0.152. The van der Waals surface area contributed by atoms with Gasteiger partial charge in [0.2, 0.25) is 0 Å². The third-order valence-corrected chi connectivity index (χ3v) is 10.0. The van der Waals surface area contributed by atoms with Gasteiger partial charge in [-0.1, -0.05) is 190 Å². The average Bonchev–Trinajstić information content (AvgIpc) is 3.42. The van der Waals surface area contributed by atoms with Crippen LogP contribution in [-0.4, -0.2) is 0 Å². The van der Waals surface area contributed by atoms with Gasteiger partial charge in [-0.05, 0) is 92.0 Å². The number of benzene rings is 7. The van der Waals surface area contributed by atoms with Crippen molar-refractivity contribution < 1.29 is 1.43 Å². The van der Waals surface area contributed by atoms with Crippen LogP contribution in [-0.2, 0) is 5.41 Å². The van der Waals surface area contributed by atoms with Gasteiger partial charge in [-0.3, -0.25) is 0 Å². The van der Waals surface area contributed by atoms with Gasteiger partial charge in [0.15, 0.2) is 0 Å². The maximum absolute atomic E-state index is 2.40. The Kier molecular flexibility index (Phi) is 9.08. The zero-order valence-corrected chi connectivity index (χ0v) is 29.7. The molecule has 7 aromatic carbocycles. The molecule has 252 valence electrons. The van der Waals surface area contributed by atoms with E-state index in [1.807, 2.05) is 12.1 Å². The van der Waals surface area contributed by atoms with Gasteiger partial charge in [-0.15, -0.1) is 0 Å². The van der Waals surface area contributed by atoms with Gasteiger partial charge in [-0.2, -0.15) is 0 Å². The molecule has 0 unspecified atom stereocenters. The molecule has 0 spiro atoms. The lowest BCUT2D eigenvalue weighted by Crippen LogP contribution is -2.16. The van der Waals surface area contributed by atoms with Crippen molar-refractivity contribution in [3.63, 3.8) is 0 Å². The minimum absolute atomic E-state index is 0. The Morgan fingerprint density at radius 2 is 0.673 bits per heavy atom. The van der Waals surface area contributed by atoms with Crippen molar-refractivity contribution in [2.24, 2.45) is 0 Å². The first-order valence-corrected chi connectivity index (χ1v) is 18.0. The molecule has 1 aliphatic carbocycles. The number of rotatable bonds is 9. The van der Waals surface area contributed by atoms with E-state index < -0.39 is 0 Å². The number of anilines is 3. The summed E-state index contributed by atoms with van der Waals surface area (Å²) in [6, 6.07) is 63.0. The van der Waals surface area contributed by atoms with E-state index >= 15 is 0 Å². The molecule has 8 rings (SSSR count). The fourth-order valence-corrected chi connectivity index (χ4v) is 7.17. The van der Waals surface area contributed by atoms with Gasteiger partial charge in [-0.25, -0.2) is 0 Å². The van der Waals surface area contributed by atoms with Crippen molar-refractivity contribution in [2.75, 3.05) is 4.90 Å². The second-order valence-corrected chi connectivity index (χ2v) is 13.9. The molecule has 1 aliphatic rings. The average molecular weight is 670 g/mol. The topological polar surface area (TPSA) is 3.24 Å². The van der Waals surface area contributed by atoms with Crippen molar-refractivity contribution in [1.82, 2.24) is 0 Å². The summed E-state index contributed by atoms with van der Waals surface area (Å²) in [5.74, 6) is 0. The summed E-state index contributed by atoms with van der Waals surface area (Å²) in [7, 11) is 0. The molecule has 0 aliphatic heterocycles. The van der Waals surface area contributed by atoms with E-state index in [2.05, 4.69) is 219 Å². The largest absolute Gasteiger partial charge is 1.00 e. The Balaban J connectivity index is 0.00000435. The Labute approximate surface area is 309 Å². The molecule has 0 saturated carbocycles. The van der Waals surface area contributed by atoms with Gasteiger partial charge >= 0.3 is 0 Å². The van der Waals surface area contributed by atoms with Gasteiger partial charge in [0, 0.05) is 22.5 Å². The van der Waals surface area contributed by atoms with E-state index in [-0.39, 0.29) is 6.84 Å². The highest BCUT2D eigenvalue weighted by Gasteiger charge is 2.36. The van der Waals surface area contributed by atoms with Gasteiger partial charge in [0.1, 0.15) is 0 Å². The number of nitrogens with zero attached hydrogens (tertiary/aromatic N) is 1. The maximum atomic E-state index is 2.40. The van der Waals surface area contributed by atoms with E-state index in [4.69, 9.17) is 0 Å². The molecule has 52 heavy (non-hydrogen) atoms. The Hall–Kier alpha value is -6.44. The van der Waals surface area contributed by atoms with Crippen LogP contribution in [0.4, 0.5) is 17.1 Å². The quantitative estimate of drug-likeness (QED) is 0.138. The molecule has 0 N–H and O–H groups in total. The first-order chi connectivity index (χ1) is 25.5. The van der Waals surface area contributed by atoms with Gasteiger partial charge < -0.3 is 6.33 Å². The Bertz CT molecular complexity index is 2290. The summed E-state index contributed by atoms with van der Waals surface area (Å²) < 4.78 is 0. The molecule has 0 atom stereocenters. The van der Waals surface area contributed by atoms with E-state index in [0.29, 0.717) is 0 Å². The monoisotopic (exact) mass is 669 g/mol. The predicted octanol–water partition coefficient (Wildman–Crippen LogP) is 14.1. The lowest BCUT2D eigenvalue weighted by Gasteiger charge is -2.28. The number of hydrogen-bond donors (Lipinski definition) is 0. The lowest BCUT2D eigenvalue weighted by molar-refractivity contribution is 0.660. The second kappa shape index (κ2) is 14.4. The molecule has 0 fully saturated rings. The summed E-state index contributed by atoms with van der Waals surface area (Å²) >= 11 is 0. The molecular weight excluding hydrogens is 627 g/mol. The van der Waals surface area contributed by atoms with Crippen LogP contribution >= 0.6 is 0 Å². The smallest absolute Gasteiger partial charge is 0.0465 e. The summed E-state index contributed by atoms with van der Waals surface area (Å²) in [6.07, 6.45) is 13.1. The van der Waals surface area contributed by atoms with Crippen LogP contribution in [0, 0.1) is 0 Å². The minimum Gasteiger partial charge on any atom is -1.00 e. The van der Waals surface area contributed by atoms with E-state index in [1.54, 1.807) is 0 Å². The molecule has 0 radical (unpaired) electrons. The van der Waals surface area contributed by atoms with Crippen molar-refractivity contribution in [3.05, 3.63) is 220 Å². The zero-order chi connectivity index (χ0) is 35.3. The predicted molar refractivity (Wildman–Crippen MR) is 226 cm³/mol. The van der Waals surface area contributed by atoms with Gasteiger partial charge in [0.25, 0.3) is 0 Å². The van der Waals surface area contributed by atoms with E-state index in [0.717, 1.165) is 28.2 Å². The highest BCUT2D eigenvalue weighted by atomic mass is 15.1. The number of hydrogen-bond acceptors (Lipinski definition) is 1. The normalized spacial score (nSPS) is 13.1. The van der Waals surface area contributed by atoms with E-state index in [1.165, 1.54) is 44.5 Å². The summed E-state index contributed by atoms with van der Waals surface area (Å²) in [5, 5.41) is 0. The fourth-order valence-electron chi connectivity index (χ4n) is 7.17. The Morgan fingerprint density at radius 1 is 0.346 bits per heavy atom. The SMILES string of the molecule is CC1(C)c2cc(/C=C/c3ccccc3)ccc2-c2ccc(N(c3ccc(/C=C/c4ccccc4)cc3)c3ccc(/C=C/c4ccccc4)cc3)cc21.[2H-]. The second-order valence-electron chi connectivity index (χ2n) is 13.9. The van der Waals surface area contributed by atoms with Crippen LogP contribution in [0.25, 0.3) is 47.6 Å². The third kappa shape index (κ3) is 6.95. The summed E-state index contributed by atoms with van der Waals surface area (Å²) in [5.41, 5.74) is 15.7. The van der Waals surface area contributed by atoms with Crippen LogP contribution in [0.2, 0.25) is 0 Å². The van der Waals surface area contributed by atoms with Crippen LogP contribution in [0.3, 0.4) is 0 Å². The van der Waals surface area contributed by atoms with Crippen molar-refractivity contribution in [3.8, 4) is 11.1 Å². The molecule has 0 saturated heterocycles. The highest BCUT2D eigenvalue weighted by molar-refractivity contribution is 5.87. The van der Waals surface area contributed by atoms with Crippen LogP contribution in [0.5, 0.6) is 0 Å². The Morgan fingerprint density at radius 3 is 1.12 bits per heavy atom. The summed E-state index contributed by atoms with van der Waals surface area (Å²) in [6.45, 7) is 4.72. The van der Waals surface area contributed by atoms with Crippen LogP contribution < -0.4 is 4.90 Å². The lowest BCUT2D eigenvalue weighted by atomic mass is 9.81. The van der Waals surface area contributed by atoms with Crippen molar-refractivity contribution >= 4 is 53.5 Å².